The van der Waals surface area contributed by atoms with Crippen molar-refractivity contribution in [3.8, 4) is 5.75 Å². The lowest BCUT2D eigenvalue weighted by atomic mass is 10.2. The molecule has 0 amide bonds. The Bertz CT molecular complexity index is 731. The summed E-state index contributed by atoms with van der Waals surface area (Å²) >= 11 is 0. The topological polar surface area (TPSA) is 99.4 Å². The molecule has 0 fully saturated rings. The molecule has 0 radical (unpaired) electrons. The number of hydrogen-bond donors (Lipinski definition) is 0. The van der Waals surface area contributed by atoms with Crippen molar-refractivity contribution in [3.63, 3.8) is 0 Å². The highest BCUT2D eigenvalue weighted by Crippen LogP contribution is 2.26. The Hall–Kier alpha value is -2.48. The minimum atomic E-state index is -3.92. The maximum atomic E-state index is 11.9. The predicted octanol–water partition coefficient (Wildman–Crippen LogP) is 1.94. The van der Waals surface area contributed by atoms with Crippen LogP contribution in [-0.2, 0) is 16.5 Å². The smallest absolute Gasteiger partial charge is 0.330 e. The molecular formula is C13H12N2O5S. The van der Waals surface area contributed by atoms with Gasteiger partial charge in [0.25, 0.3) is 0 Å². The van der Waals surface area contributed by atoms with Crippen LogP contribution in [0.3, 0.4) is 0 Å². The fraction of sp³-hybridized carbons (Fsp3) is 0.154. The van der Waals surface area contributed by atoms with E-state index in [1.807, 2.05) is 6.07 Å². The monoisotopic (exact) mass is 308 g/mol. The summed E-state index contributed by atoms with van der Waals surface area (Å²) in [6.45, 7) is 0. The van der Waals surface area contributed by atoms with E-state index in [9.17, 15) is 18.5 Å². The maximum absolute atomic E-state index is 11.9. The minimum Gasteiger partial charge on any atom is -0.375 e. The predicted molar refractivity (Wildman–Crippen MR) is 75.5 cm³/mol. The van der Waals surface area contributed by atoms with E-state index >= 15 is 0 Å². The van der Waals surface area contributed by atoms with Gasteiger partial charge in [-0.3, -0.25) is 15.1 Å². The molecule has 1 heterocycles. The molecule has 0 unspecified atom stereocenters. The highest BCUT2D eigenvalue weighted by molar-refractivity contribution is 7.87. The Morgan fingerprint density at radius 3 is 2.57 bits per heavy atom. The fourth-order valence-electron chi connectivity index (χ4n) is 1.65. The summed E-state index contributed by atoms with van der Waals surface area (Å²) in [5.74, 6) is -0.598. The first-order valence-corrected chi connectivity index (χ1v) is 7.60. The number of hydrogen-bond acceptors (Lipinski definition) is 6. The lowest BCUT2D eigenvalue weighted by Gasteiger charge is -2.07. The largest absolute Gasteiger partial charge is 0.375 e. The summed E-state index contributed by atoms with van der Waals surface area (Å²) < 4.78 is 28.6. The van der Waals surface area contributed by atoms with Crippen molar-refractivity contribution >= 4 is 15.8 Å². The molecule has 1 aromatic heterocycles. The molecule has 0 N–H and O–H groups in total. The van der Waals surface area contributed by atoms with Gasteiger partial charge in [-0.1, -0.05) is 30.3 Å². The molecule has 0 aliphatic heterocycles. The van der Waals surface area contributed by atoms with E-state index in [0.717, 1.165) is 17.8 Å². The Labute approximate surface area is 121 Å². The van der Waals surface area contributed by atoms with Crippen molar-refractivity contribution < 1.29 is 17.5 Å². The van der Waals surface area contributed by atoms with Crippen LogP contribution in [0.25, 0.3) is 0 Å². The van der Waals surface area contributed by atoms with E-state index in [0.29, 0.717) is 0 Å². The Morgan fingerprint density at radius 1 is 1.19 bits per heavy atom. The van der Waals surface area contributed by atoms with E-state index in [1.165, 1.54) is 6.20 Å². The average molecular weight is 308 g/mol. The molecule has 21 heavy (non-hydrogen) atoms. The number of aryl methyl sites for hydroxylation is 1. The summed E-state index contributed by atoms with van der Waals surface area (Å²) in [5, 5.41) is 10.8. The Balaban J connectivity index is 2.10. The third-order valence-electron chi connectivity index (χ3n) is 2.66. The van der Waals surface area contributed by atoms with Crippen LogP contribution in [0.5, 0.6) is 5.75 Å². The first-order chi connectivity index (χ1) is 9.98. The van der Waals surface area contributed by atoms with Crippen LogP contribution in [0.2, 0.25) is 0 Å². The maximum Gasteiger partial charge on any atom is 0.330 e. The van der Waals surface area contributed by atoms with Crippen molar-refractivity contribution in [1.82, 2.24) is 4.98 Å². The van der Waals surface area contributed by atoms with Crippen molar-refractivity contribution in [1.29, 1.82) is 0 Å². The van der Waals surface area contributed by atoms with Crippen LogP contribution in [0, 0.1) is 10.1 Å². The highest BCUT2D eigenvalue weighted by Gasteiger charge is 2.21. The zero-order chi connectivity index (χ0) is 15.3. The van der Waals surface area contributed by atoms with Gasteiger partial charge in [-0.15, -0.1) is 0 Å². The zero-order valence-electron chi connectivity index (χ0n) is 10.9. The van der Waals surface area contributed by atoms with E-state index in [-0.39, 0.29) is 17.9 Å². The summed E-state index contributed by atoms with van der Waals surface area (Å²) in [4.78, 5) is 13.6. The van der Waals surface area contributed by atoms with Gasteiger partial charge in [-0.25, -0.2) is 0 Å². The van der Waals surface area contributed by atoms with Crippen LogP contribution in [0.15, 0.2) is 48.8 Å². The molecule has 2 rings (SSSR count). The molecule has 0 atom stereocenters. The molecule has 0 saturated carbocycles. The summed E-state index contributed by atoms with van der Waals surface area (Å²) in [6.07, 6.45) is 2.44. The molecule has 0 aliphatic carbocycles. The second-order valence-electron chi connectivity index (χ2n) is 4.18. The third kappa shape index (κ3) is 4.25. The highest BCUT2D eigenvalue weighted by atomic mass is 32.2. The summed E-state index contributed by atoms with van der Waals surface area (Å²) in [6, 6.07) is 10.2. The number of aromatic nitrogens is 1. The molecular weight excluding hydrogens is 296 g/mol. The van der Waals surface area contributed by atoms with Gasteiger partial charge >= 0.3 is 15.8 Å². The van der Waals surface area contributed by atoms with Crippen molar-refractivity contribution in [3.05, 3.63) is 64.5 Å². The molecule has 8 heteroatoms. The lowest BCUT2D eigenvalue weighted by molar-refractivity contribution is -0.385. The van der Waals surface area contributed by atoms with Crippen LogP contribution >= 0.6 is 0 Å². The number of benzene rings is 1. The van der Waals surface area contributed by atoms with E-state index in [1.54, 1.807) is 24.3 Å². The van der Waals surface area contributed by atoms with Gasteiger partial charge in [0.15, 0.2) is 0 Å². The molecule has 0 bridgehead atoms. The Kier molecular flexibility index (Phi) is 4.49. The standard InChI is InChI=1S/C13H12N2O5S/c16-15(17)12-10-14-8-6-13(12)20-21(18,19)9-7-11-4-2-1-3-5-11/h1-6,8,10H,7,9H2. The number of nitro groups is 1. The third-order valence-corrected chi connectivity index (χ3v) is 3.80. The molecule has 2 aromatic rings. The fourth-order valence-corrected chi connectivity index (χ4v) is 2.63. The Morgan fingerprint density at radius 2 is 1.90 bits per heavy atom. The van der Waals surface area contributed by atoms with Crippen molar-refractivity contribution in [2.75, 3.05) is 5.75 Å². The zero-order valence-corrected chi connectivity index (χ0v) is 11.7. The van der Waals surface area contributed by atoms with E-state index in [4.69, 9.17) is 4.18 Å². The van der Waals surface area contributed by atoms with Gasteiger partial charge in [0.05, 0.1) is 10.7 Å². The normalized spacial score (nSPS) is 11.0. The first kappa shape index (κ1) is 14.9. The van der Waals surface area contributed by atoms with Gasteiger partial charge in [-0.2, -0.15) is 8.42 Å². The van der Waals surface area contributed by atoms with Crippen LogP contribution in [-0.4, -0.2) is 24.1 Å². The SMILES string of the molecule is O=[N+]([O-])c1cnccc1OS(=O)(=O)CCc1ccccc1. The van der Waals surface area contributed by atoms with E-state index in [2.05, 4.69) is 4.98 Å². The number of pyridine rings is 1. The molecule has 7 nitrogen and oxygen atoms in total. The van der Waals surface area contributed by atoms with Gasteiger partial charge in [0, 0.05) is 12.3 Å². The number of rotatable bonds is 6. The average Bonchev–Trinajstić information content (AvgIpc) is 2.46. The quantitative estimate of drug-likeness (QED) is 0.459. The van der Waals surface area contributed by atoms with Gasteiger partial charge in [-0.05, 0) is 12.0 Å². The van der Waals surface area contributed by atoms with Crippen LogP contribution < -0.4 is 4.18 Å². The van der Waals surface area contributed by atoms with E-state index < -0.39 is 20.7 Å². The van der Waals surface area contributed by atoms with Crippen molar-refractivity contribution in [2.45, 2.75) is 6.42 Å². The number of nitrogens with zero attached hydrogens (tertiary/aromatic N) is 2. The molecule has 110 valence electrons. The summed E-state index contributed by atoms with van der Waals surface area (Å²) in [5.41, 5.74) is 0.356. The minimum absolute atomic E-state index is 0.266. The molecule has 0 spiro atoms. The molecule has 0 aliphatic rings. The van der Waals surface area contributed by atoms with Crippen molar-refractivity contribution in [2.24, 2.45) is 0 Å². The van der Waals surface area contributed by atoms with Gasteiger partial charge in [0.2, 0.25) is 5.75 Å². The molecule has 1 aromatic carbocycles. The van der Waals surface area contributed by atoms with Crippen LogP contribution in [0.1, 0.15) is 5.56 Å². The summed E-state index contributed by atoms with van der Waals surface area (Å²) in [7, 11) is -3.92. The lowest BCUT2D eigenvalue weighted by Crippen LogP contribution is -2.16. The first-order valence-electron chi connectivity index (χ1n) is 6.02. The second kappa shape index (κ2) is 6.31. The van der Waals surface area contributed by atoms with Gasteiger partial charge in [0.1, 0.15) is 6.20 Å². The van der Waals surface area contributed by atoms with Gasteiger partial charge < -0.3 is 4.18 Å². The van der Waals surface area contributed by atoms with Crippen LogP contribution in [0.4, 0.5) is 5.69 Å². The second-order valence-corrected chi connectivity index (χ2v) is 5.87. The molecule has 0 saturated heterocycles.